The summed E-state index contributed by atoms with van der Waals surface area (Å²) in [6.45, 7) is 4.14. The number of Topliss-reactive ketones (excluding diaryl/α,β-unsaturated/α-hetero) is 1. The van der Waals surface area contributed by atoms with Crippen molar-refractivity contribution in [2.75, 3.05) is 6.61 Å². The molecule has 0 aliphatic rings. The Balaban J connectivity index is 2.42. The molecule has 1 rings (SSSR count). The van der Waals surface area contributed by atoms with Crippen LogP contribution in [0.25, 0.3) is 0 Å². The normalized spacial score (nSPS) is 10.5. The van der Waals surface area contributed by atoms with Crippen molar-refractivity contribution in [3.63, 3.8) is 0 Å². The van der Waals surface area contributed by atoms with Gasteiger partial charge in [0.15, 0.2) is 11.6 Å². The van der Waals surface area contributed by atoms with Gasteiger partial charge in [-0.2, -0.15) is 0 Å². The van der Waals surface area contributed by atoms with Gasteiger partial charge in [-0.25, -0.2) is 4.39 Å². The van der Waals surface area contributed by atoms with Crippen LogP contribution < -0.4 is 4.74 Å². The van der Waals surface area contributed by atoms with Gasteiger partial charge in [0.2, 0.25) is 0 Å². The molecule has 0 bridgehead atoms. The summed E-state index contributed by atoms with van der Waals surface area (Å²) in [6.07, 6.45) is 4.95. The highest BCUT2D eigenvalue weighted by molar-refractivity contribution is 5.75. The lowest BCUT2D eigenvalue weighted by Gasteiger charge is -2.09. The van der Waals surface area contributed by atoms with Gasteiger partial charge in [-0.05, 0) is 44.2 Å². The third kappa shape index (κ3) is 5.86. The van der Waals surface area contributed by atoms with E-state index in [9.17, 15) is 9.18 Å². The molecule has 0 aliphatic carbocycles. The molecule has 0 saturated heterocycles. The Hall–Kier alpha value is -1.38. The molecular weight excluding hydrogens is 243 g/mol. The monoisotopic (exact) mass is 266 g/mol. The van der Waals surface area contributed by atoms with Gasteiger partial charge in [-0.15, -0.1) is 0 Å². The van der Waals surface area contributed by atoms with E-state index >= 15 is 0 Å². The average molecular weight is 266 g/mol. The van der Waals surface area contributed by atoms with E-state index in [-0.39, 0.29) is 11.6 Å². The van der Waals surface area contributed by atoms with Gasteiger partial charge >= 0.3 is 0 Å². The number of carbonyl (C=O) groups excluding carboxylic acids is 1. The lowest BCUT2D eigenvalue weighted by atomic mass is 10.0. The Morgan fingerprint density at radius 3 is 2.74 bits per heavy atom. The zero-order valence-electron chi connectivity index (χ0n) is 11.9. The Kier molecular flexibility index (Phi) is 7.16. The molecule has 0 unspecified atom stereocenters. The third-order valence-corrected chi connectivity index (χ3v) is 2.98. The molecule has 0 radical (unpaired) electrons. The van der Waals surface area contributed by atoms with Crippen LogP contribution in [0.15, 0.2) is 18.2 Å². The number of benzene rings is 1. The Labute approximate surface area is 115 Å². The largest absolute Gasteiger partial charge is 0.491 e. The molecule has 106 valence electrons. The molecular formula is C16H23FO2. The summed E-state index contributed by atoms with van der Waals surface area (Å²) < 4.78 is 19.4. The number of unbranched alkanes of at least 4 members (excludes halogenated alkanes) is 2. The Bertz CT molecular complexity index is 402. The number of ether oxygens (including phenoxy) is 1. The first-order valence-electron chi connectivity index (χ1n) is 7.04. The summed E-state index contributed by atoms with van der Waals surface area (Å²) in [5.41, 5.74) is 0.705. The quantitative estimate of drug-likeness (QED) is 0.623. The van der Waals surface area contributed by atoms with Gasteiger partial charge in [0, 0.05) is 6.42 Å². The maximum absolute atomic E-state index is 14.1. The summed E-state index contributed by atoms with van der Waals surface area (Å²) in [4.78, 5) is 10.8. The highest BCUT2D eigenvalue weighted by atomic mass is 19.1. The first-order chi connectivity index (χ1) is 9.15. The smallest absolute Gasteiger partial charge is 0.168 e. The van der Waals surface area contributed by atoms with E-state index in [1.807, 2.05) is 13.0 Å². The molecule has 0 aliphatic heterocycles. The minimum atomic E-state index is -0.234. The standard InChI is InChI=1S/C16H23FO2/c1-3-12-19-15-11-7-10-14(16(15)17)9-6-4-5-8-13(2)18/h7,10-11H,3-6,8-9,12H2,1-2H3. The van der Waals surface area contributed by atoms with E-state index < -0.39 is 0 Å². The number of ketones is 1. The molecule has 0 saturated carbocycles. The van der Waals surface area contributed by atoms with Crippen molar-refractivity contribution in [2.24, 2.45) is 0 Å². The summed E-state index contributed by atoms with van der Waals surface area (Å²) in [6, 6.07) is 5.31. The highest BCUT2D eigenvalue weighted by Gasteiger charge is 2.08. The van der Waals surface area contributed by atoms with E-state index in [0.29, 0.717) is 30.8 Å². The molecule has 0 fully saturated rings. The first-order valence-corrected chi connectivity index (χ1v) is 7.04. The van der Waals surface area contributed by atoms with E-state index in [2.05, 4.69) is 0 Å². The molecule has 2 nitrogen and oxygen atoms in total. The SMILES string of the molecule is CCCOc1cccc(CCCCCC(C)=O)c1F. The predicted octanol–water partition coefficient (Wildman–Crippen LogP) is 4.31. The van der Waals surface area contributed by atoms with Gasteiger partial charge in [-0.3, -0.25) is 0 Å². The van der Waals surface area contributed by atoms with E-state index in [1.165, 1.54) is 0 Å². The number of rotatable bonds is 9. The van der Waals surface area contributed by atoms with Crippen LogP contribution in [-0.4, -0.2) is 12.4 Å². The van der Waals surface area contributed by atoms with Crippen LogP contribution in [-0.2, 0) is 11.2 Å². The van der Waals surface area contributed by atoms with Crippen molar-refractivity contribution < 1.29 is 13.9 Å². The van der Waals surface area contributed by atoms with Crippen molar-refractivity contribution >= 4 is 5.78 Å². The number of halogens is 1. The van der Waals surface area contributed by atoms with Crippen molar-refractivity contribution in [3.8, 4) is 5.75 Å². The third-order valence-electron chi connectivity index (χ3n) is 2.98. The van der Waals surface area contributed by atoms with Crippen LogP contribution in [0.1, 0.15) is 51.5 Å². The zero-order chi connectivity index (χ0) is 14.1. The summed E-state index contributed by atoms with van der Waals surface area (Å²) >= 11 is 0. The fourth-order valence-corrected chi connectivity index (χ4v) is 1.94. The minimum Gasteiger partial charge on any atom is -0.491 e. The van der Waals surface area contributed by atoms with Gasteiger partial charge in [0.05, 0.1) is 6.61 Å². The van der Waals surface area contributed by atoms with E-state index in [0.717, 1.165) is 25.7 Å². The van der Waals surface area contributed by atoms with Gasteiger partial charge in [0.1, 0.15) is 5.78 Å². The molecule has 19 heavy (non-hydrogen) atoms. The lowest BCUT2D eigenvalue weighted by molar-refractivity contribution is -0.117. The summed E-state index contributed by atoms with van der Waals surface area (Å²) in [5, 5.41) is 0. The second-order valence-corrected chi connectivity index (χ2v) is 4.84. The predicted molar refractivity (Wildman–Crippen MR) is 75.0 cm³/mol. The molecule has 0 atom stereocenters. The van der Waals surface area contributed by atoms with Crippen molar-refractivity contribution in [3.05, 3.63) is 29.6 Å². The topological polar surface area (TPSA) is 26.3 Å². The lowest BCUT2D eigenvalue weighted by Crippen LogP contribution is -2.00. The van der Waals surface area contributed by atoms with Crippen LogP contribution in [0.3, 0.4) is 0 Å². The van der Waals surface area contributed by atoms with Crippen LogP contribution in [0.5, 0.6) is 5.75 Å². The van der Waals surface area contributed by atoms with E-state index in [1.54, 1.807) is 19.1 Å². The van der Waals surface area contributed by atoms with Gasteiger partial charge < -0.3 is 9.53 Å². The molecule has 0 N–H and O–H groups in total. The maximum atomic E-state index is 14.1. The molecule has 3 heteroatoms. The average Bonchev–Trinajstić information content (AvgIpc) is 2.38. The molecule has 0 aromatic heterocycles. The zero-order valence-corrected chi connectivity index (χ0v) is 11.9. The number of hydrogen-bond donors (Lipinski definition) is 0. The fourth-order valence-electron chi connectivity index (χ4n) is 1.94. The summed E-state index contributed by atoms with van der Waals surface area (Å²) in [5.74, 6) is 0.340. The van der Waals surface area contributed by atoms with Crippen molar-refractivity contribution in [2.45, 2.75) is 52.4 Å². The second kappa shape index (κ2) is 8.68. The molecule has 1 aromatic rings. The highest BCUT2D eigenvalue weighted by Crippen LogP contribution is 2.22. The van der Waals surface area contributed by atoms with Crippen molar-refractivity contribution in [1.29, 1.82) is 0 Å². The number of hydrogen-bond acceptors (Lipinski definition) is 2. The van der Waals surface area contributed by atoms with Crippen LogP contribution >= 0.6 is 0 Å². The summed E-state index contributed by atoms with van der Waals surface area (Å²) in [7, 11) is 0. The van der Waals surface area contributed by atoms with Gasteiger partial charge in [-0.1, -0.05) is 25.5 Å². The molecule has 0 heterocycles. The van der Waals surface area contributed by atoms with Crippen LogP contribution in [0.2, 0.25) is 0 Å². The molecule has 0 amide bonds. The molecule has 1 aromatic carbocycles. The fraction of sp³-hybridized carbons (Fsp3) is 0.562. The maximum Gasteiger partial charge on any atom is 0.168 e. The second-order valence-electron chi connectivity index (χ2n) is 4.84. The Morgan fingerprint density at radius 2 is 2.05 bits per heavy atom. The van der Waals surface area contributed by atoms with Gasteiger partial charge in [0.25, 0.3) is 0 Å². The van der Waals surface area contributed by atoms with Crippen molar-refractivity contribution in [1.82, 2.24) is 0 Å². The minimum absolute atomic E-state index is 0.223. The van der Waals surface area contributed by atoms with Crippen LogP contribution in [0, 0.1) is 5.82 Å². The van der Waals surface area contributed by atoms with E-state index in [4.69, 9.17) is 4.74 Å². The van der Waals surface area contributed by atoms with Crippen LogP contribution in [0.4, 0.5) is 4.39 Å². The first kappa shape index (κ1) is 15.7. The molecule has 0 spiro atoms. The number of aryl methyl sites for hydroxylation is 1. The Morgan fingerprint density at radius 1 is 1.26 bits per heavy atom. The number of carbonyl (C=O) groups is 1.